The van der Waals surface area contributed by atoms with E-state index in [-0.39, 0.29) is 17.6 Å². The number of aromatic nitrogens is 2. The van der Waals surface area contributed by atoms with Crippen molar-refractivity contribution in [1.82, 2.24) is 15.5 Å². The number of rotatable bonds is 4. The maximum Gasteiger partial charge on any atom is 0.414 e. The molecule has 0 aliphatic carbocycles. The SMILES string of the molecule is CC(=S)NCC1CN(c2ccc(-c3nc(C)no3)c(F)c2)C(=O)O1. The summed E-state index contributed by atoms with van der Waals surface area (Å²) in [7, 11) is 0. The molecule has 0 saturated carbocycles. The number of hydrogen-bond donors (Lipinski definition) is 1. The largest absolute Gasteiger partial charge is 0.442 e. The van der Waals surface area contributed by atoms with Crippen molar-refractivity contribution in [1.29, 1.82) is 0 Å². The van der Waals surface area contributed by atoms with E-state index in [1.54, 1.807) is 19.9 Å². The molecule has 3 rings (SSSR count). The van der Waals surface area contributed by atoms with Gasteiger partial charge in [-0.05, 0) is 32.0 Å². The van der Waals surface area contributed by atoms with E-state index in [1.807, 2.05) is 0 Å². The number of halogens is 1. The Morgan fingerprint density at radius 1 is 1.54 bits per heavy atom. The summed E-state index contributed by atoms with van der Waals surface area (Å²) in [6.45, 7) is 4.12. The quantitative estimate of drug-likeness (QED) is 0.848. The van der Waals surface area contributed by atoms with Crippen LogP contribution in [0.2, 0.25) is 0 Å². The predicted octanol–water partition coefficient (Wildman–Crippen LogP) is 2.45. The highest BCUT2D eigenvalue weighted by Gasteiger charge is 2.32. The molecule has 2 aromatic rings. The number of hydrogen-bond acceptors (Lipinski definition) is 6. The number of ether oxygens (including phenoxy) is 1. The molecule has 1 atom stereocenters. The minimum Gasteiger partial charge on any atom is -0.442 e. The lowest BCUT2D eigenvalue weighted by atomic mass is 10.1. The van der Waals surface area contributed by atoms with Crippen LogP contribution in [0.1, 0.15) is 12.7 Å². The normalized spacial score (nSPS) is 17.0. The number of amides is 1. The second kappa shape index (κ2) is 6.52. The van der Waals surface area contributed by atoms with Crippen LogP contribution in [0.4, 0.5) is 14.9 Å². The Hall–Kier alpha value is -2.55. The van der Waals surface area contributed by atoms with Gasteiger partial charge < -0.3 is 14.6 Å². The van der Waals surface area contributed by atoms with Crippen molar-refractivity contribution in [2.75, 3.05) is 18.0 Å². The summed E-state index contributed by atoms with van der Waals surface area (Å²) < 4.78 is 24.5. The number of thiocarbonyl (C=S) groups is 1. The molecule has 1 aliphatic rings. The number of nitrogens with one attached hydrogen (secondary N) is 1. The van der Waals surface area contributed by atoms with Crippen LogP contribution in [0.5, 0.6) is 0 Å². The Morgan fingerprint density at radius 3 is 2.96 bits per heavy atom. The highest BCUT2D eigenvalue weighted by atomic mass is 32.1. The van der Waals surface area contributed by atoms with E-state index in [9.17, 15) is 9.18 Å². The molecule has 1 aliphatic heterocycles. The van der Waals surface area contributed by atoms with Crippen molar-refractivity contribution < 1.29 is 18.4 Å². The average molecular weight is 350 g/mol. The van der Waals surface area contributed by atoms with Gasteiger partial charge in [0.25, 0.3) is 5.89 Å². The van der Waals surface area contributed by atoms with Gasteiger partial charge in [-0.15, -0.1) is 0 Å². The first-order chi connectivity index (χ1) is 11.4. The number of anilines is 1. The molecule has 1 aromatic carbocycles. The lowest BCUT2D eigenvalue weighted by Crippen LogP contribution is -2.32. The summed E-state index contributed by atoms with van der Waals surface area (Å²) in [4.78, 5) is 18.0. The molecule has 24 heavy (non-hydrogen) atoms. The Kier molecular flexibility index (Phi) is 4.43. The van der Waals surface area contributed by atoms with E-state index in [2.05, 4.69) is 15.5 Å². The van der Waals surface area contributed by atoms with Crippen molar-refractivity contribution in [3.63, 3.8) is 0 Å². The van der Waals surface area contributed by atoms with Crippen molar-refractivity contribution in [3.05, 3.63) is 29.8 Å². The molecule has 1 N–H and O–H groups in total. The molecule has 9 heteroatoms. The van der Waals surface area contributed by atoms with Crippen LogP contribution in [-0.4, -0.2) is 40.4 Å². The molecule has 1 amide bonds. The van der Waals surface area contributed by atoms with Crippen molar-refractivity contribution in [2.24, 2.45) is 0 Å². The monoisotopic (exact) mass is 350 g/mol. The Balaban J connectivity index is 1.77. The first kappa shape index (κ1) is 16.3. The molecule has 1 aromatic heterocycles. The topological polar surface area (TPSA) is 80.5 Å². The van der Waals surface area contributed by atoms with E-state index in [0.717, 1.165) is 0 Å². The second-order valence-electron chi connectivity index (χ2n) is 5.36. The summed E-state index contributed by atoms with van der Waals surface area (Å²) in [5.41, 5.74) is 0.584. The number of carbonyl (C=O) groups excluding carboxylic acids is 1. The highest BCUT2D eigenvalue weighted by molar-refractivity contribution is 7.80. The van der Waals surface area contributed by atoms with Crippen molar-refractivity contribution in [2.45, 2.75) is 20.0 Å². The van der Waals surface area contributed by atoms with Crippen LogP contribution in [-0.2, 0) is 4.74 Å². The third-order valence-corrected chi connectivity index (χ3v) is 3.62. The molecule has 7 nitrogen and oxygen atoms in total. The Bertz CT molecular complexity index is 795. The van der Waals surface area contributed by atoms with Crippen LogP contribution in [0, 0.1) is 12.7 Å². The molecule has 0 spiro atoms. The fourth-order valence-electron chi connectivity index (χ4n) is 2.35. The molecule has 1 fully saturated rings. The van der Waals surface area contributed by atoms with Crippen LogP contribution in [0.3, 0.4) is 0 Å². The Labute approximate surface area is 142 Å². The van der Waals surface area contributed by atoms with Gasteiger partial charge in [0, 0.05) is 0 Å². The minimum absolute atomic E-state index is 0.0964. The molecule has 1 unspecified atom stereocenters. The molecule has 2 heterocycles. The molecular formula is C15H15FN4O3S. The molecule has 0 bridgehead atoms. The zero-order chi connectivity index (χ0) is 17.3. The van der Waals surface area contributed by atoms with Crippen LogP contribution >= 0.6 is 12.2 Å². The highest BCUT2D eigenvalue weighted by Crippen LogP contribution is 2.28. The average Bonchev–Trinajstić information content (AvgIpc) is 3.11. The van der Waals surface area contributed by atoms with E-state index in [0.29, 0.717) is 29.6 Å². The zero-order valence-corrected chi connectivity index (χ0v) is 13.9. The number of cyclic esters (lactones) is 1. The Morgan fingerprint density at radius 2 is 2.33 bits per heavy atom. The molecule has 1 saturated heterocycles. The number of benzene rings is 1. The van der Waals surface area contributed by atoms with Crippen LogP contribution in [0.15, 0.2) is 22.7 Å². The molecule has 126 valence electrons. The molecule has 0 radical (unpaired) electrons. The second-order valence-corrected chi connectivity index (χ2v) is 5.98. The first-order valence-corrected chi connectivity index (χ1v) is 7.67. The van der Waals surface area contributed by atoms with E-state index in [1.165, 1.54) is 17.0 Å². The standard InChI is InChI=1S/C15H15FN4O3S/c1-8-18-14(23-19-8)12-4-3-10(5-13(12)16)20-7-11(22-15(20)21)6-17-9(2)24/h3-5,11H,6-7H2,1-2H3,(H,17,24). The molecular weight excluding hydrogens is 335 g/mol. The summed E-state index contributed by atoms with van der Waals surface area (Å²) >= 11 is 4.93. The number of carbonyl (C=O) groups is 1. The lowest BCUT2D eigenvalue weighted by Gasteiger charge is -2.14. The van der Waals surface area contributed by atoms with Gasteiger partial charge in [-0.3, -0.25) is 4.90 Å². The third-order valence-electron chi connectivity index (χ3n) is 3.48. The van der Waals surface area contributed by atoms with Gasteiger partial charge >= 0.3 is 6.09 Å². The summed E-state index contributed by atoms with van der Waals surface area (Å²) in [6, 6.07) is 4.35. The van der Waals surface area contributed by atoms with Gasteiger partial charge in [0.15, 0.2) is 5.82 Å². The van der Waals surface area contributed by atoms with Crippen molar-refractivity contribution >= 4 is 29.0 Å². The smallest absolute Gasteiger partial charge is 0.414 e. The maximum atomic E-state index is 14.3. The fourth-order valence-corrected chi connectivity index (χ4v) is 2.43. The van der Waals surface area contributed by atoms with Gasteiger partial charge in [-0.2, -0.15) is 4.98 Å². The van der Waals surface area contributed by atoms with Gasteiger partial charge in [0.05, 0.1) is 29.3 Å². The summed E-state index contributed by atoms with van der Waals surface area (Å²) in [6.07, 6.45) is -0.874. The first-order valence-electron chi connectivity index (χ1n) is 7.27. The predicted molar refractivity (Wildman–Crippen MR) is 88.3 cm³/mol. The van der Waals surface area contributed by atoms with E-state index < -0.39 is 11.9 Å². The minimum atomic E-state index is -0.555. The van der Waals surface area contributed by atoms with Gasteiger partial charge in [0.2, 0.25) is 0 Å². The maximum absolute atomic E-state index is 14.3. The third kappa shape index (κ3) is 3.35. The summed E-state index contributed by atoms with van der Waals surface area (Å²) in [5, 5.41) is 6.59. The lowest BCUT2D eigenvalue weighted by molar-refractivity contribution is 0.143. The van der Waals surface area contributed by atoms with Crippen molar-refractivity contribution in [3.8, 4) is 11.5 Å². The van der Waals surface area contributed by atoms with E-state index >= 15 is 0 Å². The van der Waals surface area contributed by atoms with E-state index in [4.69, 9.17) is 21.5 Å². The van der Waals surface area contributed by atoms with Crippen LogP contribution < -0.4 is 10.2 Å². The fraction of sp³-hybridized carbons (Fsp3) is 0.333. The van der Waals surface area contributed by atoms with Crippen LogP contribution in [0.25, 0.3) is 11.5 Å². The van der Waals surface area contributed by atoms with Gasteiger partial charge in [-0.25, -0.2) is 9.18 Å². The zero-order valence-electron chi connectivity index (χ0n) is 13.1. The van der Waals surface area contributed by atoms with Gasteiger partial charge in [-0.1, -0.05) is 17.4 Å². The summed E-state index contributed by atoms with van der Waals surface area (Å²) in [5.74, 6) is -0.0416. The number of nitrogens with zero attached hydrogens (tertiary/aromatic N) is 3. The number of aryl methyl sites for hydroxylation is 1. The van der Waals surface area contributed by atoms with Gasteiger partial charge in [0.1, 0.15) is 11.9 Å².